The third-order valence-electron chi connectivity index (χ3n) is 1.55. The molecule has 0 saturated carbocycles. The van der Waals surface area contributed by atoms with Gasteiger partial charge in [-0.15, -0.1) is 8.93 Å². The molecule has 0 aliphatic carbocycles. The van der Waals surface area contributed by atoms with E-state index >= 15 is 0 Å². The van der Waals surface area contributed by atoms with Crippen molar-refractivity contribution >= 4 is 21.8 Å². The van der Waals surface area contributed by atoms with E-state index in [0.29, 0.717) is 0 Å². The lowest BCUT2D eigenvalue weighted by molar-refractivity contribution is 1.10. The largest absolute Gasteiger partial charge is 0.107 e. The topological polar surface area (TPSA) is 0 Å². The molecule has 2 heteroatoms. The minimum Gasteiger partial charge on any atom is -0.107 e. The van der Waals surface area contributed by atoms with Crippen LogP contribution < -0.4 is 5.30 Å². The van der Waals surface area contributed by atoms with Crippen LogP contribution in [0.2, 0.25) is 0 Å². The van der Waals surface area contributed by atoms with Crippen molar-refractivity contribution in [3.63, 3.8) is 0 Å². The maximum Gasteiger partial charge on any atom is -0.0202 e. The Morgan fingerprint density at radius 2 is 1.91 bits per heavy atom. The molecule has 0 fully saturated rings. The van der Waals surface area contributed by atoms with Crippen molar-refractivity contribution in [2.45, 2.75) is 13.3 Å². The Bertz CT molecular complexity index is 196. The van der Waals surface area contributed by atoms with E-state index in [-0.39, 0.29) is 7.61 Å². The highest BCUT2D eigenvalue weighted by atomic mass is 32.0. The Kier molecular flexibility index (Phi) is 4.05. The molecule has 0 radical (unpaired) electrons. The van der Waals surface area contributed by atoms with Crippen molar-refractivity contribution < 1.29 is 0 Å². The molecule has 0 amide bonds. The lowest BCUT2D eigenvalue weighted by Crippen LogP contribution is -1.96. The lowest BCUT2D eigenvalue weighted by atomic mass is 10.4. The van der Waals surface area contributed by atoms with Crippen molar-refractivity contribution in [1.82, 2.24) is 0 Å². The normalized spacial score (nSPS) is 12.9. The fourth-order valence-electron chi connectivity index (χ4n) is 0.989. The Hall–Kier alpha value is 0.0800. The molecule has 0 bridgehead atoms. The van der Waals surface area contributed by atoms with Gasteiger partial charge < -0.3 is 0 Å². The second-order valence-corrected chi connectivity index (χ2v) is 6.30. The van der Waals surface area contributed by atoms with E-state index in [2.05, 4.69) is 46.2 Å². The molecule has 0 saturated heterocycles. The maximum absolute atomic E-state index is 2.96. The van der Waals surface area contributed by atoms with Gasteiger partial charge in [0.15, 0.2) is 0 Å². The summed E-state index contributed by atoms with van der Waals surface area (Å²) in [5.74, 6) is 0. The quantitative estimate of drug-likeness (QED) is 0.633. The molecule has 0 aromatic heterocycles. The standard InChI is InChI=1S/C9H14P2/c1-2-8-11(10)9-6-4-3-5-7-9/h3-7H,2,8,10H2,1H3. The van der Waals surface area contributed by atoms with Crippen LogP contribution >= 0.6 is 16.5 Å². The first-order valence-corrected chi connectivity index (χ1v) is 7.06. The third-order valence-corrected chi connectivity index (χ3v) is 5.11. The monoisotopic (exact) mass is 184 g/mol. The van der Waals surface area contributed by atoms with Crippen LogP contribution in [0.25, 0.3) is 0 Å². The predicted molar refractivity (Wildman–Crippen MR) is 57.9 cm³/mol. The minimum atomic E-state index is 0.0409. The maximum atomic E-state index is 2.96. The third kappa shape index (κ3) is 2.89. The highest BCUT2D eigenvalue weighted by Crippen LogP contribution is 2.43. The van der Waals surface area contributed by atoms with E-state index in [4.69, 9.17) is 0 Å². The van der Waals surface area contributed by atoms with Gasteiger partial charge in [0.05, 0.1) is 0 Å². The number of rotatable bonds is 3. The number of benzene rings is 1. The lowest BCUT2D eigenvalue weighted by Gasteiger charge is -2.09. The molecule has 0 aliphatic rings. The van der Waals surface area contributed by atoms with Crippen LogP contribution in [0.4, 0.5) is 0 Å². The van der Waals surface area contributed by atoms with Crippen LogP contribution in [0.15, 0.2) is 30.3 Å². The molecule has 1 rings (SSSR count). The number of hydrogen-bond acceptors (Lipinski definition) is 0. The van der Waals surface area contributed by atoms with Gasteiger partial charge in [0.1, 0.15) is 0 Å². The van der Waals surface area contributed by atoms with E-state index in [0.717, 1.165) is 0 Å². The van der Waals surface area contributed by atoms with Crippen molar-refractivity contribution in [1.29, 1.82) is 0 Å². The molecule has 0 heterocycles. The molecule has 11 heavy (non-hydrogen) atoms. The second kappa shape index (κ2) is 4.86. The van der Waals surface area contributed by atoms with Gasteiger partial charge in [-0.2, -0.15) is 0 Å². The van der Waals surface area contributed by atoms with Crippen molar-refractivity contribution in [2.75, 3.05) is 6.16 Å². The van der Waals surface area contributed by atoms with Gasteiger partial charge in [-0.25, -0.2) is 0 Å². The average Bonchev–Trinajstić information content (AvgIpc) is 2.07. The summed E-state index contributed by atoms with van der Waals surface area (Å²) in [6.45, 7) is 2.24. The second-order valence-electron chi connectivity index (χ2n) is 2.53. The fourth-order valence-corrected chi connectivity index (χ4v) is 3.58. The molecule has 2 atom stereocenters. The molecule has 0 nitrogen and oxygen atoms in total. The van der Waals surface area contributed by atoms with Gasteiger partial charge in [0.25, 0.3) is 0 Å². The highest BCUT2D eigenvalue weighted by molar-refractivity contribution is 8.17. The van der Waals surface area contributed by atoms with Gasteiger partial charge in [-0.05, 0) is 11.5 Å². The molecule has 60 valence electrons. The van der Waals surface area contributed by atoms with Gasteiger partial charge >= 0.3 is 0 Å². The van der Waals surface area contributed by atoms with E-state index < -0.39 is 0 Å². The molecule has 0 aliphatic heterocycles. The SMILES string of the molecule is CCCP(P)c1ccccc1. The highest BCUT2D eigenvalue weighted by Gasteiger charge is 2.00. The molecule has 1 aromatic carbocycles. The summed E-state index contributed by atoms with van der Waals surface area (Å²) in [6, 6.07) is 10.7. The van der Waals surface area contributed by atoms with Gasteiger partial charge in [0.2, 0.25) is 0 Å². The summed E-state index contributed by atoms with van der Waals surface area (Å²) < 4.78 is 0. The first kappa shape index (κ1) is 9.17. The van der Waals surface area contributed by atoms with Gasteiger partial charge in [-0.3, -0.25) is 0 Å². The average molecular weight is 184 g/mol. The Labute approximate surface area is 72.3 Å². The zero-order chi connectivity index (χ0) is 8.10. The van der Waals surface area contributed by atoms with Crippen LogP contribution in [0.3, 0.4) is 0 Å². The first-order valence-electron chi connectivity index (χ1n) is 3.92. The van der Waals surface area contributed by atoms with E-state index in [1.165, 1.54) is 17.9 Å². The Morgan fingerprint density at radius 3 is 2.45 bits per heavy atom. The summed E-state index contributed by atoms with van der Waals surface area (Å²) >= 11 is 0. The molecule has 0 spiro atoms. The zero-order valence-electron chi connectivity index (χ0n) is 6.83. The summed E-state index contributed by atoms with van der Waals surface area (Å²) in [4.78, 5) is 0. The van der Waals surface area contributed by atoms with E-state index in [1.807, 2.05) is 0 Å². The van der Waals surface area contributed by atoms with Crippen molar-refractivity contribution in [3.8, 4) is 0 Å². The van der Waals surface area contributed by atoms with Crippen LogP contribution in [0, 0.1) is 0 Å². The molecule has 1 aromatic rings. The van der Waals surface area contributed by atoms with E-state index in [9.17, 15) is 0 Å². The molecule has 2 unspecified atom stereocenters. The summed E-state index contributed by atoms with van der Waals surface area (Å²) in [7, 11) is 3.00. The summed E-state index contributed by atoms with van der Waals surface area (Å²) in [5.41, 5.74) is 0. The minimum absolute atomic E-state index is 0.0409. The van der Waals surface area contributed by atoms with Crippen LogP contribution in [-0.2, 0) is 0 Å². The van der Waals surface area contributed by atoms with Crippen LogP contribution in [0.5, 0.6) is 0 Å². The van der Waals surface area contributed by atoms with Gasteiger partial charge in [0, 0.05) is 0 Å². The molecule has 0 N–H and O–H groups in total. The first-order chi connectivity index (χ1) is 5.34. The van der Waals surface area contributed by atoms with E-state index in [1.54, 1.807) is 0 Å². The predicted octanol–water partition coefficient (Wildman–Crippen LogP) is 2.99. The zero-order valence-corrected chi connectivity index (χ0v) is 8.87. The summed E-state index contributed by atoms with van der Waals surface area (Å²) in [6.07, 6.45) is 2.61. The smallest absolute Gasteiger partial charge is 0.0202 e. The van der Waals surface area contributed by atoms with Crippen molar-refractivity contribution in [3.05, 3.63) is 30.3 Å². The fraction of sp³-hybridized carbons (Fsp3) is 0.333. The molecular weight excluding hydrogens is 170 g/mol. The Balaban J connectivity index is 2.61. The number of hydrogen-bond donors (Lipinski definition) is 0. The van der Waals surface area contributed by atoms with Crippen molar-refractivity contribution in [2.24, 2.45) is 0 Å². The van der Waals surface area contributed by atoms with Crippen LogP contribution in [-0.4, -0.2) is 6.16 Å². The Morgan fingerprint density at radius 1 is 1.27 bits per heavy atom. The van der Waals surface area contributed by atoms with Crippen LogP contribution in [0.1, 0.15) is 13.3 Å². The summed E-state index contributed by atoms with van der Waals surface area (Å²) in [5, 5.41) is 1.49. The molecular formula is C9H14P2. The van der Waals surface area contributed by atoms with Gasteiger partial charge in [-0.1, -0.05) is 51.3 Å².